The van der Waals surface area contributed by atoms with E-state index in [1.165, 1.54) is 0 Å². The Morgan fingerprint density at radius 2 is 0.960 bits per heavy atom. The average Bonchev–Trinajstić information content (AvgIpc) is 2.32. The summed E-state index contributed by atoms with van der Waals surface area (Å²) < 4.78 is 44.7. The van der Waals surface area contributed by atoms with Crippen LogP contribution in [0.4, 0.5) is 0 Å². The number of aliphatic hydroxyl groups excluding tert-OH is 3. The van der Waals surface area contributed by atoms with Gasteiger partial charge >= 0.3 is 67.0 Å². The average molecular weight is 458 g/mol. The molecule has 0 bridgehead atoms. The first-order valence-corrected chi connectivity index (χ1v) is 10.3. The van der Waals surface area contributed by atoms with Crippen LogP contribution in [0.2, 0.25) is 0 Å². The van der Waals surface area contributed by atoms with Gasteiger partial charge in [-0.05, 0) is 0 Å². The Balaban J connectivity index is 0.00000576. The summed E-state index contributed by atoms with van der Waals surface area (Å²) >= 11 is 0. The molecule has 0 aromatic heterocycles. The van der Waals surface area contributed by atoms with Crippen LogP contribution in [0.1, 0.15) is 0 Å². The number of phosphoric ester groups is 3. The molecule has 1 rings (SSSR count). The van der Waals surface area contributed by atoms with Gasteiger partial charge in [0.2, 0.25) is 0 Å². The normalized spacial score (nSPS) is 36.4. The van der Waals surface area contributed by atoms with Crippen molar-refractivity contribution in [3.05, 3.63) is 0 Å². The summed E-state index contributed by atoms with van der Waals surface area (Å²) in [5.74, 6) is 0. The molecule has 144 valence electrons. The van der Waals surface area contributed by atoms with Crippen molar-refractivity contribution in [2.24, 2.45) is 0 Å². The van der Waals surface area contributed by atoms with Crippen LogP contribution in [-0.2, 0) is 27.3 Å². The molecule has 0 heterocycles. The van der Waals surface area contributed by atoms with Gasteiger partial charge in [-0.3, -0.25) is 13.6 Å². The number of rotatable bonds is 6. The van der Waals surface area contributed by atoms with E-state index in [4.69, 9.17) is 24.5 Å². The minimum atomic E-state index is -5.68. The fraction of sp³-hybridized carbons (Fsp3) is 1.00. The van der Waals surface area contributed by atoms with Gasteiger partial charge in [-0.1, -0.05) is 0 Å². The van der Waals surface area contributed by atoms with Gasteiger partial charge in [-0.25, -0.2) is 9.13 Å². The Morgan fingerprint density at radius 3 is 1.28 bits per heavy atom. The van der Waals surface area contributed by atoms with Crippen molar-refractivity contribution in [1.29, 1.82) is 0 Å². The molecule has 15 nitrogen and oxygen atoms in total. The second-order valence-corrected chi connectivity index (χ2v) is 8.16. The second kappa shape index (κ2) is 9.56. The van der Waals surface area contributed by atoms with E-state index >= 15 is 0 Å². The Morgan fingerprint density at radius 1 is 0.640 bits per heavy atom. The molecule has 0 saturated heterocycles. The maximum absolute atomic E-state index is 10.9. The molecule has 1 fully saturated rings. The first-order chi connectivity index (χ1) is 10.5. The van der Waals surface area contributed by atoms with E-state index in [2.05, 4.69) is 13.6 Å². The molecule has 0 amide bonds. The molecule has 19 heteroatoms. The van der Waals surface area contributed by atoms with E-state index < -0.39 is 60.1 Å². The number of aliphatic hydroxyl groups is 3. The smallest absolute Gasteiger partial charge is 0.756 e. The van der Waals surface area contributed by atoms with E-state index in [-0.39, 0.29) is 51.4 Å². The Kier molecular flexibility index (Phi) is 10.3. The van der Waals surface area contributed by atoms with Crippen molar-refractivity contribution in [2.75, 3.05) is 0 Å². The van der Waals surface area contributed by atoms with Crippen LogP contribution < -0.4 is 56.3 Å². The predicted octanol–water partition coefficient (Wildman–Crippen LogP) is -7.11. The molecule has 0 aromatic carbocycles. The van der Waals surface area contributed by atoms with E-state index in [1.54, 1.807) is 0 Å². The zero-order valence-corrected chi connectivity index (χ0v) is 18.0. The molecule has 8 N–H and O–H groups in total. The molecule has 1 aliphatic rings. The largest absolute Gasteiger partial charge is 1.00 e. The summed E-state index contributed by atoms with van der Waals surface area (Å²) in [7, 11) is -16.6. The zero-order valence-electron chi connectivity index (χ0n) is 12.2. The van der Waals surface area contributed by atoms with Crippen molar-refractivity contribution in [3.8, 4) is 0 Å². The summed E-state index contributed by atoms with van der Waals surface area (Å²) in [5.41, 5.74) is 0. The van der Waals surface area contributed by atoms with Crippen LogP contribution in [-0.4, -0.2) is 76.4 Å². The van der Waals surface area contributed by atoms with Crippen molar-refractivity contribution in [3.63, 3.8) is 0 Å². The quantitative estimate of drug-likeness (QED) is 0.136. The van der Waals surface area contributed by atoms with Gasteiger partial charge in [0.25, 0.3) is 7.82 Å². The van der Waals surface area contributed by atoms with Gasteiger partial charge in [0, 0.05) is 0 Å². The van der Waals surface area contributed by atoms with Crippen molar-refractivity contribution >= 4 is 23.5 Å². The van der Waals surface area contributed by atoms with Crippen LogP contribution in [0.3, 0.4) is 0 Å². The van der Waals surface area contributed by atoms with Crippen LogP contribution in [0, 0.1) is 0 Å². The molecule has 0 aromatic rings. The summed E-state index contributed by atoms with van der Waals surface area (Å²) in [6.07, 6.45) is -14.6. The number of hydrogen-bond donors (Lipinski definition) is 8. The minimum absolute atomic E-state index is 0. The summed E-state index contributed by atoms with van der Waals surface area (Å²) in [4.78, 5) is 54.5. The van der Waals surface area contributed by atoms with Crippen molar-refractivity contribution in [2.45, 2.75) is 36.6 Å². The minimum Gasteiger partial charge on any atom is -0.756 e. The third-order valence-corrected chi connectivity index (χ3v) is 4.34. The number of phosphoric acid groups is 3. The van der Waals surface area contributed by atoms with Crippen molar-refractivity contribution < 1.29 is 123 Å². The first-order valence-electron chi connectivity index (χ1n) is 5.76. The van der Waals surface area contributed by atoms with Gasteiger partial charge in [0.15, 0.2) is 0 Å². The third-order valence-electron chi connectivity index (χ3n) is 2.79. The van der Waals surface area contributed by atoms with E-state index in [1.807, 2.05) is 0 Å². The second-order valence-electron chi connectivity index (χ2n) is 4.63. The molecule has 0 aliphatic heterocycles. The van der Waals surface area contributed by atoms with Gasteiger partial charge in [-0.15, -0.1) is 0 Å². The van der Waals surface area contributed by atoms with Crippen LogP contribution in [0.15, 0.2) is 0 Å². The van der Waals surface area contributed by atoms with E-state index in [0.29, 0.717) is 0 Å². The fourth-order valence-corrected chi connectivity index (χ4v) is 3.67. The summed E-state index contributed by atoms with van der Waals surface area (Å²) in [6.45, 7) is 0. The van der Waals surface area contributed by atoms with E-state index in [0.717, 1.165) is 0 Å². The van der Waals surface area contributed by atoms with Crippen LogP contribution in [0.25, 0.3) is 0 Å². The zero-order chi connectivity index (χ0) is 19.1. The van der Waals surface area contributed by atoms with Gasteiger partial charge in [0.05, 0.1) is 0 Å². The van der Waals surface area contributed by atoms with Gasteiger partial charge in [-0.2, -0.15) is 0 Å². The van der Waals surface area contributed by atoms with Crippen molar-refractivity contribution in [1.82, 2.24) is 0 Å². The number of hydrogen-bond acceptors (Lipinski definition) is 10. The summed E-state index contributed by atoms with van der Waals surface area (Å²) in [6, 6.07) is 0. The Labute approximate surface area is 182 Å². The maximum atomic E-state index is 10.9. The SMILES string of the molecule is O=P([O-])(O)O[C@@H]1[C@H](O)[C@H](O)[C@@H](O)[C@H](OP(=O)(O)O)[C@H]1OP(=O)(O)O.[K+]. The predicted molar refractivity (Wildman–Crippen MR) is 66.6 cm³/mol. The fourth-order valence-electron chi connectivity index (χ4n) is 2.00. The monoisotopic (exact) mass is 458 g/mol. The molecule has 7 atom stereocenters. The maximum Gasteiger partial charge on any atom is 1.00 e. The molecule has 0 spiro atoms. The Bertz CT molecular complexity index is 542. The van der Waals surface area contributed by atoms with E-state index in [9.17, 15) is 33.9 Å². The molecular formula is C6H14KO15P3. The molecule has 1 saturated carbocycles. The van der Waals surface area contributed by atoms with Crippen LogP contribution in [0.5, 0.6) is 0 Å². The van der Waals surface area contributed by atoms with Crippen LogP contribution >= 0.6 is 23.5 Å². The van der Waals surface area contributed by atoms with Gasteiger partial charge < -0.3 is 49.2 Å². The molecule has 25 heavy (non-hydrogen) atoms. The molecular weight excluding hydrogens is 444 g/mol. The molecule has 1 aliphatic carbocycles. The Hall–Kier alpha value is 1.85. The first kappa shape index (κ1) is 26.8. The topological polar surface area (TPSA) is 264 Å². The standard InChI is InChI=1S/C6H15O15P3.K/c7-1-2(8)4(19-22(10,11)12)6(21-24(16,17)18)5(3(1)9)20-23(13,14)15;/h1-9H,(H2,10,11,12)(H2,13,14,15)(H2,16,17,18);/q;+1/p-1/t1-,2-,3-,4+,5-,6-;/m1./s1. The summed E-state index contributed by atoms with van der Waals surface area (Å²) in [5, 5.41) is 28.9. The molecule has 1 unspecified atom stereocenters. The third kappa shape index (κ3) is 8.81. The molecule has 0 radical (unpaired) electrons. The van der Waals surface area contributed by atoms with Gasteiger partial charge in [0.1, 0.15) is 36.6 Å².